The Labute approximate surface area is 155 Å². The molecule has 0 spiro atoms. The van der Waals surface area contributed by atoms with Crippen LogP contribution in [0.15, 0.2) is 48.0 Å². The maximum absolute atomic E-state index is 13.6. The van der Waals surface area contributed by atoms with E-state index < -0.39 is 42.0 Å². The van der Waals surface area contributed by atoms with E-state index in [4.69, 9.17) is 5.26 Å². The average molecular weight is 398 g/mol. The Morgan fingerprint density at radius 2 is 1.75 bits per heavy atom. The predicted octanol–water partition coefficient (Wildman–Crippen LogP) is 4.57. The summed E-state index contributed by atoms with van der Waals surface area (Å²) in [5.74, 6) is -2.82. The van der Waals surface area contributed by atoms with E-state index in [-0.39, 0.29) is 11.3 Å². The van der Waals surface area contributed by atoms with Crippen LogP contribution in [0.1, 0.15) is 5.56 Å². The summed E-state index contributed by atoms with van der Waals surface area (Å²) in [6.07, 6.45) is 0.889. The third kappa shape index (κ3) is 5.70. The Morgan fingerprint density at radius 3 is 2.36 bits per heavy atom. The molecule has 0 aliphatic rings. The largest absolute Gasteiger partial charge is 0.435 e. The maximum atomic E-state index is 13.6. The molecule has 0 unspecified atom stereocenters. The molecular weight excluding hydrogens is 387 g/mol. The van der Waals surface area contributed by atoms with Crippen molar-refractivity contribution >= 4 is 17.7 Å². The molecule has 5 nitrogen and oxygen atoms in total. The highest BCUT2D eigenvalue weighted by molar-refractivity contribution is 6.09. The van der Waals surface area contributed by atoms with E-state index in [1.165, 1.54) is 18.2 Å². The third-order valence-electron chi connectivity index (χ3n) is 3.21. The molecule has 0 fully saturated rings. The van der Waals surface area contributed by atoms with E-state index in [2.05, 4.69) is 14.8 Å². The van der Waals surface area contributed by atoms with Gasteiger partial charge in [-0.2, -0.15) is 22.8 Å². The van der Waals surface area contributed by atoms with E-state index in [9.17, 15) is 26.7 Å². The van der Waals surface area contributed by atoms with Gasteiger partial charge in [-0.05, 0) is 30.3 Å². The first-order chi connectivity index (χ1) is 13.3. The number of rotatable bonds is 7. The molecule has 0 heterocycles. The Bertz CT molecular complexity index is 926. The number of benzene rings is 2. The molecule has 0 saturated heterocycles. The molecule has 2 rings (SSSR count). The Morgan fingerprint density at radius 1 is 1.07 bits per heavy atom. The number of nitriles is 1. The second-order valence-electron chi connectivity index (χ2n) is 5.06. The van der Waals surface area contributed by atoms with Gasteiger partial charge in [0.15, 0.2) is 0 Å². The first-order valence-electron chi connectivity index (χ1n) is 7.51. The van der Waals surface area contributed by atoms with Crippen molar-refractivity contribution in [1.29, 1.82) is 5.26 Å². The van der Waals surface area contributed by atoms with Crippen LogP contribution in [0.4, 0.5) is 27.6 Å². The summed E-state index contributed by atoms with van der Waals surface area (Å²) >= 11 is 0. The van der Waals surface area contributed by atoms with Crippen LogP contribution in [-0.2, 0) is 4.79 Å². The van der Waals surface area contributed by atoms with Gasteiger partial charge in [0.2, 0.25) is 0 Å². The van der Waals surface area contributed by atoms with Gasteiger partial charge in [0.1, 0.15) is 29.0 Å². The number of halogens is 5. The number of para-hydroxylation sites is 1. The van der Waals surface area contributed by atoms with Gasteiger partial charge in [-0.1, -0.05) is 12.1 Å². The van der Waals surface area contributed by atoms with Crippen molar-refractivity contribution in [3.8, 4) is 17.6 Å². The number of hydrogen-bond donors (Lipinski definition) is 1. The SMILES string of the molecule is N#C/C(=C\c1ccc(OC(F)F)cc1OC(F)F)C(=O)Nc1ccccc1F. The molecule has 1 N–H and O–H groups in total. The Hall–Kier alpha value is -3.61. The fourth-order valence-corrected chi connectivity index (χ4v) is 2.06. The smallest absolute Gasteiger partial charge is 0.387 e. The van der Waals surface area contributed by atoms with Crippen molar-refractivity contribution in [3.63, 3.8) is 0 Å². The van der Waals surface area contributed by atoms with Crippen molar-refractivity contribution in [1.82, 2.24) is 0 Å². The number of alkyl halides is 4. The minimum absolute atomic E-state index is 0.179. The fraction of sp³-hybridized carbons (Fsp3) is 0.111. The molecule has 0 aliphatic heterocycles. The summed E-state index contributed by atoms with van der Waals surface area (Å²) in [5.41, 5.74) is -0.939. The van der Waals surface area contributed by atoms with Gasteiger partial charge in [0.25, 0.3) is 5.91 Å². The van der Waals surface area contributed by atoms with Crippen molar-refractivity contribution in [2.24, 2.45) is 0 Å². The van der Waals surface area contributed by atoms with Crippen molar-refractivity contribution < 1.29 is 36.2 Å². The van der Waals surface area contributed by atoms with Gasteiger partial charge in [-0.3, -0.25) is 4.79 Å². The van der Waals surface area contributed by atoms with Gasteiger partial charge in [0, 0.05) is 11.6 Å². The monoisotopic (exact) mass is 398 g/mol. The van der Waals surface area contributed by atoms with Crippen LogP contribution in [0, 0.1) is 17.1 Å². The van der Waals surface area contributed by atoms with Crippen LogP contribution in [0.2, 0.25) is 0 Å². The van der Waals surface area contributed by atoms with Crippen molar-refractivity contribution in [2.75, 3.05) is 5.32 Å². The van der Waals surface area contributed by atoms with E-state index in [0.29, 0.717) is 0 Å². The molecule has 0 atom stereocenters. The Kier molecular flexibility index (Phi) is 6.92. The van der Waals surface area contributed by atoms with Gasteiger partial charge >= 0.3 is 13.2 Å². The first-order valence-corrected chi connectivity index (χ1v) is 7.51. The Balaban J connectivity index is 2.35. The lowest BCUT2D eigenvalue weighted by Gasteiger charge is -2.11. The molecule has 0 bridgehead atoms. The molecule has 28 heavy (non-hydrogen) atoms. The second-order valence-corrected chi connectivity index (χ2v) is 5.06. The van der Waals surface area contributed by atoms with Crippen LogP contribution >= 0.6 is 0 Å². The lowest BCUT2D eigenvalue weighted by atomic mass is 10.1. The molecule has 0 aliphatic carbocycles. The van der Waals surface area contributed by atoms with Crippen LogP contribution in [0.3, 0.4) is 0 Å². The number of nitrogens with zero attached hydrogens (tertiary/aromatic N) is 1. The standard InChI is InChI=1S/C18H11F5N2O3/c19-13-3-1-2-4-14(13)25-16(26)11(9-24)7-10-5-6-12(27-17(20)21)8-15(10)28-18(22)23/h1-8,17-18H,(H,25,26)/b11-7+. The highest BCUT2D eigenvalue weighted by atomic mass is 19.3. The zero-order chi connectivity index (χ0) is 20.7. The fourth-order valence-electron chi connectivity index (χ4n) is 2.06. The van der Waals surface area contributed by atoms with Gasteiger partial charge in [0.05, 0.1) is 5.69 Å². The van der Waals surface area contributed by atoms with E-state index in [0.717, 1.165) is 30.3 Å². The molecule has 0 radical (unpaired) electrons. The average Bonchev–Trinajstić information content (AvgIpc) is 2.62. The summed E-state index contributed by atoms with van der Waals surface area (Å²) < 4.78 is 71.7. The van der Waals surface area contributed by atoms with Crippen LogP contribution < -0.4 is 14.8 Å². The minimum atomic E-state index is -3.30. The van der Waals surface area contributed by atoms with Gasteiger partial charge in [-0.25, -0.2) is 4.39 Å². The van der Waals surface area contributed by atoms with Gasteiger partial charge < -0.3 is 14.8 Å². The molecule has 2 aromatic carbocycles. The molecule has 1 amide bonds. The third-order valence-corrected chi connectivity index (χ3v) is 3.21. The zero-order valence-electron chi connectivity index (χ0n) is 13.8. The molecule has 10 heteroatoms. The molecule has 0 saturated carbocycles. The molecule has 0 aromatic heterocycles. The van der Waals surface area contributed by atoms with Crippen LogP contribution in [0.5, 0.6) is 11.5 Å². The number of anilines is 1. The van der Waals surface area contributed by atoms with E-state index >= 15 is 0 Å². The van der Waals surface area contributed by atoms with Crippen LogP contribution in [0.25, 0.3) is 6.08 Å². The minimum Gasteiger partial charge on any atom is -0.435 e. The quantitative estimate of drug-likeness (QED) is 0.421. The number of amides is 1. The zero-order valence-corrected chi connectivity index (χ0v) is 13.8. The van der Waals surface area contributed by atoms with Crippen molar-refractivity contribution in [3.05, 3.63) is 59.4 Å². The van der Waals surface area contributed by atoms with E-state index in [1.54, 1.807) is 6.07 Å². The summed E-state index contributed by atoms with van der Waals surface area (Å²) in [6, 6.07) is 9.55. The van der Waals surface area contributed by atoms with Crippen molar-refractivity contribution in [2.45, 2.75) is 13.2 Å². The number of hydrogen-bond acceptors (Lipinski definition) is 4. The maximum Gasteiger partial charge on any atom is 0.387 e. The second kappa shape index (κ2) is 9.36. The summed E-state index contributed by atoms with van der Waals surface area (Å²) in [6.45, 7) is -6.49. The number of carbonyl (C=O) groups excluding carboxylic acids is 1. The summed E-state index contributed by atoms with van der Waals surface area (Å²) in [7, 11) is 0. The lowest BCUT2D eigenvalue weighted by molar-refractivity contribution is -0.112. The summed E-state index contributed by atoms with van der Waals surface area (Å²) in [5, 5.41) is 11.3. The van der Waals surface area contributed by atoms with E-state index in [1.807, 2.05) is 0 Å². The highest BCUT2D eigenvalue weighted by Gasteiger charge is 2.16. The number of ether oxygens (including phenoxy) is 2. The normalized spacial score (nSPS) is 11.3. The highest BCUT2D eigenvalue weighted by Crippen LogP contribution is 2.29. The number of nitrogens with one attached hydrogen (secondary N) is 1. The van der Waals surface area contributed by atoms with Crippen LogP contribution in [-0.4, -0.2) is 19.1 Å². The summed E-state index contributed by atoms with van der Waals surface area (Å²) in [4.78, 5) is 12.2. The molecule has 146 valence electrons. The first kappa shape index (κ1) is 20.7. The number of carbonyl (C=O) groups is 1. The molecule has 2 aromatic rings. The predicted molar refractivity (Wildman–Crippen MR) is 88.3 cm³/mol. The van der Waals surface area contributed by atoms with Gasteiger partial charge in [-0.15, -0.1) is 0 Å². The lowest BCUT2D eigenvalue weighted by Crippen LogP contribution is -2.14. The topological polar surface area (TPSA) is 71.3 Å². The molecular formula is C18H11F5N2O3.